The minimum atomic E-state index is -0.635. The first kappa shape index (κ1) is 13.7. The molecule has 1 aromatic heterocycles. The van der Waals surface area contributed by atoms with Crippen molar-refractivity contribution >= 4 is 11.5 Å². The van der Waals surface area contributed by atoms with Gasteiger partial charge in [-0.25, -0.2) is 4.79 Å². The molecule has 1 aromatic carbocycles. The predicted molar refractivity (Wildman–Crippen MR) is 74.0 cm³/mol. The second-order valence-corrected chi connectivity index (χ2v) is 4.24. The van der Waals surface area contributed by atoms with Crippen LogP contribution in [0, 0.1) is 0 Å². The summed E-state index contributed by atoms with van der Waals surface area (Å²) in [6.45, 7) is 2.01. The normalized spacial score (nSPS) is 11.1. The smallest absolute Gasteiger partial charge is 0.327 e. The van der Waals surface area contributed by atoms with Crippen molar-refractivity contribution in [3.05, 3.63) is 50.7 Å². The van der Waals surface area contributed by atoms with E-state index in [4.69, 9.17) is 0 Å². The molecule has 7 heteroatoms. The van der Waals surface area contributed by atoms with Crippen LogP contribution in [0.3, 0.4) is 0 Å². The maximum absolute atomic E-state index is 11.1. The molecule has 0 fully saturated rings. The number of hydrogen-bond acceptors (Lipinski definition) is 5. The summed E-state index contributed by atoms with van der Waals surface area (Å²) in [5, 5.41) is 17.4. The Morgan fingerprint density at radius 1 is 1.15 bits per heavy atom. The molecule has 0 bridgehead atoms. The van der Waals surface area contributed by atoms with Gasteiger partial charge in [0.25, 0.3) is 5.56 Å². The van der Waals surface area contributed by atoms with Crippen molar-refractivity contribution in [2.45, 2.75) is 19.8 Å². The molecule has 0 saturated heterocycles. The van der Waals surface area contributed by atoms with Crippen molar-refractivity contribution < 1.29 is 5.11 Å². The summed E-state index contributed by atoms with van der Waals surface area (Å²) in [5.41, 5.74) is 0.139. The van der Waals surface area contributed by atoms with Crippen LogP contribution in [0.15, 0.2) is 44.1 Å². The van der Waals surface area contributed by atoms with E-state index in [1.54, 1.807) is 18.2 Å². The molecule has 0 aliphatic carbocycles. The fourth-order valence-electron chi connectivity index (χ4n) is 1.72. The van der Waals surface area contributed by atoms with Crippen LogP contribution in [0.1, 0.15) is 18.9 Å². The van der Waals surface area contributed by atoms with Gasteiger partial charge in [-0.1, -0.05) is 13.3 Å². The first-order chi connectivity index (χ1) is 9.58. The highest BCUT2D eigenvalue weighted by Gasteiger charge is 2.02. The second kappa shape index (κ2) is 5.96. The van der Waals surface area contributed by atoms with Gasteiger partial charge in [-0.05, 0) is 30.2 Å². The fourth-order valence-corrected chi connectivity index (χ4v) is 1.72. The van der Waals surface area contributed by atoms with Gasteiger partial charge >= 0.3 is 5.69 Å². The van der Waals surface area contributed by atoms with Gasteiger partial charge in [0.15, 0.2) is 5.82 Å². The number of aromatic nitrogens is 2. The van der Waals surface area contributed by atoms with Gasteiger partial charge in [0.05, 0.1) is 5.69 Å². The van der Waals surface area contributed by atoms with Gasteiger partial charge < -0.3 is 5.11 Å². The first-order valence-electron chi connectivity index (χ1n) is 6.16. The van der Waals surface area contributed by atoms with Crippen LogP contribution in [0.25, 0.3) is 0 Å². The molecule has 0 unspecified atom stereocenters. The number of hydrogen-bond donors (Lipinski definition) is 3. The first-order valence-corrected chi connectivity index (χ1v) is 6.16. The highest BCUT2D eigenvalue weighted by molar-refractivity contribution is 5.46. The zero-order chi connectivity index (χ0) is 14.5. The lowest BCUT2D eigenvalue weighted by molar-refractivity contribution is 0.467. The summed E-state index contributed by atoms with van der Waals surface area (Å²) in [4.78, 5) is 26.5. The van der Waals surface area contributed by atoms with Gasteiger partial charge in [0, 0.05) is 6.07 Å². The quantitative estimate of drug-likeness (QED) is 0.742. The van der Waals surface area contributed by atoms with Crippen LogP contribution in [-0.2, 0) is 6.42 Å². The van der Waals surface area contributed by atoms with Gasteiger partial charge in [0.1, 0.15) is 5.75 Å². The Morgan fingerprint density at radius 3 is 2.65 bits per heavy atom. The lowest BCUT2D eigenvalue weighted by Crippen LogP contribution is -2.20. The van der Waals surface area contributed by atoms with Gasteiger partial charge in [-0.15, -0.1) is 10.2 Å². The van der Waals surface area contributed by atoms with Crippen LogP contribution in [0.5, 0.6) is 5.75 Å². The molecule has 0 radical (unpaired) electrons. The van der Waals surface area contributed by atoms with Crippen LogP contribution in [0.2, 0.25) is 0 Å². The Labute approximate surface area is 114 Å². The van der Waals surface area contributed by atoms with E-state index in [-0.39, 0.29) is 11.6 Å². The van der Waals surface area contributed by atoms with Crippen molar-refractivity contribution in [1.29, 1.82) is 0 Å². The number of azo groups is 1. The third kappa shape index (κ3) is 3.41. The molecule has 3 N–H and O–H groups in total. The van der Waals surface area contributed by atoms with Crippen molar-refractivity contribution in [2.75, 3.05) is 0 Å². The molecule has 0 aliphatic heterocycles. The molecule has 0 aliphatic rings. The average molecular weight is 274 g/mol. The van der Waals surface area contributed by atoms with E-state index in [1.165, 1.54) is 0 Å². The predicted octanol–water partition coefficient (Wildman–Crippen LogP) is 2.14. The van der Waals surface area contributed by atoms with E-state index in [1.807, 2.05) is 11.9 Å². The summed E-state index contributed by atoms with van der Waals surface area (Å²) in [7, 11) is 0. The zero-order valence-corrected chi connectivity index (χ0v) is 10.9. The van der Waals surface area contributed by atoms with Crippen molar-refractivity contribution in [3.63, 3.8) is 0 Å². The zero-order valence-electron chi connectivity index (χ0n) is 10.9. The van der Waals surface area contributed by atoms with E-state index in [9.17, 15) is 14.7 Å². The molecule has 2 aromatic rings. The number of nitrogens with one attached hydrogen (secondary N) is 2. The molecule has 0 saturated carbocycles. The van der Waals surface area contributed by atoms with Crippen molar-refractivity contribution in [3.8, 4) is 5.75 Å². The van der Waals surface area contributed by atoms with Crippen molar-refractivity contribution in [2.24, 2.45) is 10.2 Å². The highest BCUT2D eigenvalue weighted by Crippen LogP contribution is 2.25. The molecule has 20 heavy (non-hydrogen) atoms. The van der Waals surface area contributed by atoms with E-state index in [2.05, 4.69) is 15.2 Å². The second-order valence-electron chi connectivity index (χ2n) is 4.24. The van der Waals surface area contributed by atoms with Gasteiger partial charge in [-0.3, -0.25) is 14.8 Å². The average Bonchev–Trinajstić information content (AvgIpc) is 2.39. The van der Waals surface area contributed by atoms with E-state index in [0.29, 0.717) is 5.69 Å². The summed E-state index contributed by atoms with van der Waals surface area (Å²) in [6.07, 6.45) is 1.63. The van der Waals surface area contributed by atoms with Crippen LogP contribution >= 0.6 is 0 Å². The lowest BCUT2D eigenvalue weighted by atomic mass is 10.1. The highest BCUT2D eigenvalue weighted by atomic mass is 16.3. The van der Waals surface area contributed by atoms with Crippen molar-refractivity contribution in [1.82, 2.24) is 9.97 Å². The lowest BCUT2D eigenvalue weighted by Gasteiger charge is -2.03. The monoisotopic (exact) mass is 274 g/mol. The van der Waals surface area contributed by atoms with E-state index >= 15 is 0 Å². The molecule has 0 amide bonds. The Bertz CT molecular complexity index is 718. The third-order valence-electron chi connectivity index (χ3n) is 2.60. The fraction of sp³-hybridized carbons (Fsp3) is 0.231. The molecular formula is C13H14N4O3. The number of rotatable bonds is 4. The van der Waals surface area contributed by atoms with Crippen LogP contribution in [-0.4, -0.2) is 15.1 Å². The summed E-state index contributed by atoms with van der Waals surface area (Å²) >= 11 is 0. The Balaban J connectivity index is 2.29. The third-order valence-corrected chi connectivity index (χ3v) is 2.60. The largest absolute Gasteiger partial charge is 0.508 e. The molecule has 2 rings (SSSR count). The van der Waals surface area contributed by atoms with Crippen LogP contribution < -0.4 is 11.2 Å². The standard InChI is InChI=1S/C13H14N4O3/c1-2-3-8-6-9(4-5-10(8)18)16-17-11-7-12(19)15-13(20)14-11/h4-7,18H,2-3H2,1H3,(H2,14,15,19,20). The Hall–Kier alpha value is -2.70. The SMILES string of the molecule is CCCc1cc(N=Nc2cc(=O)[nH]c(=O)[nH]2)ccc1O. The van der Waals surface area contributed by atoms with Crippen LogP contribution in [0.4, 0.5) is 11.5 Å². The topological polar surface area (TPSA) is 111 Å². The number of phenols is 1. The van der Waals surface area contributed by atoms with E-state index in [0.717, 1.165) is 24.5 Å². The van der Waals surface area contributed by atoms with Gasteiger partial charge in [0.2, 0.25) is 0 Å². The maximum atomic E-state index is 11.1. The summed E-state index contributed by atoms with van der Waals surface area (Å²) < 4.78 is 0. The molecule has 104 valence electrons. The minimum Gasteiger partial charge on any atom is -0.508 e. The molecule has 7 nitrogen and oxygen atoms in total. The number of benzene rings is 1. The number of aryl methyl sites for hydroxylation is 1. The summed E-state index contributed by atoms with van der Waals surface area (Å²) in [5.74, 6) is 0.291. The maximum Gasteiger partial charge on any atom is 0.327 e. The Kier molecular flexibility index (Phi) is 4.09. The number of H-pyrrole nitrogens is 2. The molecular weight excluding hydrogens is 260 g/mol. The van der Waals surface area contributed by atoms with Gasteiger partial charge in [-0.2, -0.15) is 0 Å². The summed E-state index contributed by atoms with van der Waals surface area (Å²) in [6, 6.07) is 6.00. The molecule has 0 spiro atoms. The molecule has 1 heterocycles. The number of phenolic OH excluding ortho intramolecular Hbond substituents is 1. The number of nitrogens with zero attached hydrogens (tertiary/aromatic N) is 2. The minimum absolute atomic E-state index is 0.0730. The molecule has 0 atom stereocenters. The number of aromatic amines is 2. The number of aromatic hydroxyl groups is 1. The Morgan fingerprint density at radius 2 is 1.95 bits per heavy atom. The van der Waals surface area contributed by atoms with E-state index < -0.39 is 11.2 Å².